The maximum Gasteiger partial charge on any atom is -0.00804 e. The van der Waals surface area contributed by atoms with Crippen molar-refractivity contribution in [3.8, 4) is 0 Å². The molecule has 0 saturated carbocycles. The summed E-state index contributed by atoms with van der Waals surface area (Å²) in [5.74, 6) is 0. The fourth-order valence-corrected chi connectivity index (χ4v) is 0.354. The molecule has 0 spiro atoms. The monoisotopic (exact) mass is 161 g/mol. The zero-order valence-corrected chi connectivity index (χ0v) is 9.33. The lowest BCUT2D eigenvalue weighted by atomic mass is 10.3. The second-order valence-corrected chi connectivity index (χ2v) is 2.06. The molecular formula is C10H27N. The van der Waals surface area contributed by atoms with Gasteiger partial charge in [0.2, 0.25) is 0 Å². The first-order valence-corrected chi connectivity index (χ1v) is 4.97. The van der Waals surface area contributed by atoms with Crippen LogP contribution in [0.25, 0.3) is 0 Å². The molecule has 0 radical (unpaired) electrons. The molecule has 0 aromatic carbocycles. The van der Waals surface area contributed by atoms with E-state index in [0.717, 1.165) is 6.54 Å². The van der Waals surface area contributed by atoms with E-state index in [1.807, 2.05) is 20.9 Å². The van der Waals surface area contributed by atoms with Crippen molar-refractivity contribution in [2.75, 3.05) is 13.6 Å². The van der Waals surface area contributed by atoms with E-state index in [9.17, 15) is 0 Å². The third kappa shape index (κ3) is 72.0. The largest absolute Gasteiger partial charge is 0.320 e. The highest BCUT2D eigenvalue weighted by Crippen LogP contribution is 1.88. The number of unbranched alkanes of at least 4 members (excludes halogenated alkanes) is 2. The summed E-state index contributed by atoms with van der Waals surface area (Å²) in [6.07, 6.45) is 4.08. The average Bonchev–Trinajstić information content (AvgIpc) is 2.10. The molecule has 72 valence electrons. The normalized spacial score (nSPS) is 7.09. The van der Waals surface area contributed by atoms with Crippen LogP contribution in [0.3, 0.4) is 0 Å². The van der Waals surface area contributed by atoms with Crippen LogP contribution >= 0.6 is 0 Å². The van der Waals surface area contributed by atoms with E-state index in [1.54, 1.807) is 0 Å². The van der Waals surface area contributed by atoms with E-state index < -0.39 is 0 Å². The third-order valence-electron chi connectivity index (χ3n) is 1.06. The zero-order chi connectivity index (χ0) is 9.54. The first kappa shape index (κ1) is 17.2. The molecule has 0 rings (SSSR count). The molecule has 0 amide bonds. The fourth-order valence-electron chi connectivity index (χ4n) is 0.354. The van der Waals surface area contributed by atoms with E-state index in [0.29, 0.717) is 0 Å². The molecule has 0 heterocycles. The average molecular weight is 161 g/mol. The highest BCUT2D eigenvalue weighted by molar-refractivity contribution is 4.24. The standard InChI is InChI=1S/C5H12.C3H9N.C2H6/c1-3-5-4-2;1-3-4-2;1-2/h3-5H2,1-2H3;4H,3H2,1-2H3;1-2H3. The van der Waals surface area contributed by atoms with Gasteiger partial charge < -0.3 is 5.32 Å². The van der Waals surface area contributed by atoms with Gasteiger partial charge in [0.05, 0.1) is 0 Å². The molecule has 0 aromatic heterocycles. The number of nitrogens with one attached hydrogen (secondary N) is 1. The van der Waals surface area contributed by atoms with Crippen molar-refractivity contribution < 1.29 is 0 Å². The van der Waals surface area contributed by atoms with Gasteiger partial charge in [-0.2, -0.15) is 0 Å². The van der Waals surface area contributed by atoms with Crippen LogP contribution < -0.4 is 5.32 Å². The Kier molecular flexibility index (Phi) is 50.7. The summed E-state index contributed by atoms with van der Waals surface area (Å²) in [4.78, 5) is 0. The lowest BCUT2D eigenvalue weighted by Crippen LogP contribution is -2.01. The molecule has 0 saturated heterocycles. The summed E-state index contributed by atoms with van der Waals surface area (Å²) in [6.45, 7) is 11.6. The van der Waals surface area contributed by atoms with Crippen LogP contribution in [0.1, 0.15) is 53.9 Å². The van der Waals surface area contributed by atoms with Gasteiger partial charge in [-0.1, -0.05) is 53.9 Å². The van der Waals surface area contributed by atoms with Gasteiger partial charge in [0.15, 0.2) is 0 Å². The molecular weight excluding hydrogens is 134 g/mol. The van der Waals surface area contributed by atoms with Crippen molar-refractivity contribution in [2.24, 2.45) is 0 Å². The van der Waals surface area contributed by atoms with Crippen molar-refractivity contribution in [3.63, 3.8) is 0 Å². The van der Waals surface area contributed by atoms with Crippen molar-refractivity contribution in [3.05, 3.63) is 0 Å². The van der Waals surface area contributed by atoms with Crippen LogP contribution in [0.2, 0.25) is 0 Å². The minimum atomic E-state index is 1.07. The van der Waals surface area contributed by atoms with Crippen LogP contribution in [0.4, 0.5) is 0 Å². The minimum absolute atomic E-state index is 1.07. The smallest absolute Gasteiger partial charge is 0.00804 e. The van der Waals surface area contributed by atoms with Crippen LogP contribution in [-0.4, -0.2) is 13.6 Å². The van der Waals surface area contributed by atoms with Crippen molar-refractivity contribution in [1.82, 2.24) is 5.32 Å². The Morgan fingerprint density at radius 1 is 0.909 bits per heavy atom. The molecule has 0 aliphatic heterocycles. The Morgan fingerprint density at radius 2 is 1.18 bits per heavy atom. The fraction of sp³-hybridized carbons (Fsp3) is 1.00. The van der Waals surface area contributed by atoms with Crippen LogP contribution in [0, 0.1) is 0 Å². The van der Waals surface area contributed by atoms with Gasteiger partial charge >= 0.3 is 0 Å². The molecule has 0 bridgehead atoms. The maximum atomic E-state index is 2.93. The Balaban J connectivity index is -0.0000000965. The third-order valence-corrected chi connectivity index (χ3v) is 1.06. The zero-order valence-electron chi connectivity index (χ0n) is 9.33. The number of rotatable bonds is 3. The molecule has 0 unspecified atom stereocenters. The molecule has 0 aliphatic carbocycles. The second-order valence-electron chi connectivity index (χ2n) is 2.06. The molecule has 11 heavy (non-hydrogen) atoms. The molecule has 0 aromatic rings. The van der Waals surface area contributed by atoms with Crippen LogP contribution in [-0.2, 0) is 0 Å². The van der Waals surface area contributed by atoms with Crippen molar-refractivity contribution >= 4 is 0 Å². The van der Waals surface area contributed by atoms with Crippen LogP contribution in [0.5, 0.6) is 0 Å². The Hall–Kier alpha value is -0.0400. The summed E-state index contributed by atoms with van der Waals surface area (Å²) in [6, 6.07) is 0. The maximum absolute atomic E-state index is 2.93. The summed E-state index contributed by atoms with van der Waals surface area (Å²) >= 11 is 0. The molecule has 0 fully saturated rings. The van der Waals surface area contributed by atoms with E-state index in [2.05, 4.69) is 26.1 Å². The van der Waals surface area contributed by atoms with E-state index in [1.165, 1.54) is 19.3 Å². The van der Waals surface area contributed by atoms with Gasteiger partial charge in [-0.25, -0.2) is 0 Å². The van der Waals surface area contributed by atoms with Crippen molar-refractivity contribution in [2.45, 2.75) is 53.9 Å². The summed E-state index contributed by atoms with van der Waals surface area (Å²) in [7, 11) is 1.93. The molecule has 1 heteroatoms. The van der Waals surface area contributed by atoms with Crippen LogP contribution in [0.15, 0.2) is 0 Å². The van der Waals surface area contributed by atoms with Crippen molar-refractivity contribution in [1.29, 1.82) is 0 Å². The van der Waals surface area contributed by atoms with Gasteiger partial charge in [-0.3, -0.25) is 0 Å². The van der Waals surface area contributed by atoms with Gasteiger partial charge in [-0.05, 0) is 13.6 Å². The SMILES string of the molecule is CC.CCCCC.CCNC. The topological polar surface area (TPSA) is 12.0 Å². The Bertz CT molecular complexity index is 24.1. The lowest BCUT2D eigenvalue weighted by molar-refractivity contribution is 0.772. The number of hydrogen-bond acceptors (Lipinski definition) is 1. The second kappa shape index (κ2) is 32.5. The quantitative estimate of drug-likeness (QED) is 0.668. The molecule has 0 aliphatic rings. The van der Waals surface area contributed by atoms with Gasteiger partial charge in [-0.15, -0.1) is 0 Å². The Morgan fingerprint density at radius 3 is 1.18 bits per heavy atom. The molecule has 1 N–H and O–H groups in total. The molecule has 0 atom stereocenters. The lowest BCUT2D eigenvalue weighted by Gasteiger charge is -1.79. The van der Waals surface area contributed by atoms with Gasteiger partial charge in [0.1, 0.15) is 0 Å². The summed E-state index contributed by atoms with van der Waals surface area (Å²) in [5.41, 5.74) is 0. The Labute approximate surface area is 73.6 Å². The highest BCUT2D eigenvalue weighted by Gasteiger charge is 1.68. The number of hydrogen-bond donors (Lipinski definition) is 1. The predicted octanol–water partition coefficient (Wildman–Crippen LogP) is 3.45. The first-order chi connectivity index (χ1) is 5.33. The molecule has 1 nitrogen and oxygen atoms in total. The van der Waals surface area contributed by atoms with E-state index >= 15 is 0 Å². The van der Waals surface area contributed by atoms with E-state index in [4.69, 9.17) is 0 Å². The summed E-state index contributed by atoms with van der Waals surface area (Å²) < 4.78 is 0. The highest BCUT2D eigenvalue weighted by atomic mass is 14.8. The minimum Gasteiger partial charge on any atom is -0.320 e. The predicted molar refractivity (Wildman–Crippen MR) is 56.1 cm³/mol. The van der Waals surface area contributed by atoms with E-state index in [-0.39, 0.29) is 0 Å². The summed E-state index contributed by atoms with van der Waals surface area (Å²) in [5, 5.41) is 2.93. The van der Waals surface area contributed by atoms with Gasteiger partial charge in [0, 0.05) is 0 Å². The van der Waals surface area contributed by atoms with Gasteiger partial charge in [0.25, 0.3) is 0 Å². The first-order valence-electron chi connectivity index (χ1n) is 4.97.